The number of benzene rings is 1. The molecule has 1 amide bonds. The third-order valence-corrected chi connectivity index (χ3v) is 4.30. The molecule has 1 N–H and O–H groups in total. The zero-order valence-electron chi connectivity index (χ0n) is 12.9. The summed E-state index contributed by atoms with van der Waals surface area (Å²) >= 11 is 11.8. The number of hydrogen-bond acceptors (Lipinski definition) is 3. The summed E-state index contributed by atoms with van der Waals surface area (Å²) in [6, 6.07) is 8.54. The molecule has 5 nitrogen and oxygen atoms in total. The van der Waals surface area contributed by atoms with E-state index < -0.39 is 0 Å². The second kappa shape index (κ2) is 7.11. The fraction of sp³-hybridized carbons (Fsp3) is 0.176. The molecule has 2 aromatic heterocycles. The van der Waals surface area contributed by atoms with Crippen molar-refractivity contribution >= 4 is 34.8 Å². The molecule has 1 aromatic carbocycles. The number of carbonyl (C=O) groups is 1. The van der Waals surface area contributed by atoms with Gasteiger partial charge in [-0.15, -0.1) is 0 Å². The average molecular weight is 364 g/mol. The van der Waals surface area contributed by atoms with Gasteiger partial charge in [-0.3, -0.25) is 4.79 Å². The summed E-state index contributed by atoms with van der Waals surface area (Å²) in [7, 11) is 1.61. The van der Waals surface area contributed by atoms with Gasteiger partial charge in [0.25, 0.3) is 5.91 Å². The number of nitrogens with zero attached hydrogens (tertiary/aromatic N) is 2. The highest BCUT2D eigenvalue weighted by Gasteiger charge is 2.09. The van der Waals surface area contributed by atoms with E-state index >= 15 is 0 Å². The van der Waals surface area contributed by atoms with Crippen molar-refractivity contribution in [3.63, 3.8) is 0 Å². The van der Waals surface area contributed by atoms with Crippen LogP contribution in [-0.4, -0.2) is 28.9 Å². The Bertz CT molecular complexity index is 893. The van der Waals surface area contributed by atoms with Gasteiger partial charge in [0.2, 0.25) is 0 Å². The van der Waals surface area contributed by atoms with Crippen molar-refractivity contribution in [2.75, 3.05) is 13.7 Å². The Morgan fingerprint density at radius 1 is 1.29 bits per heavy atom. The van der Waals surface area contributed by atoms with Gasteiger partial charge in [0, 0.05) is 30.9 Å². The van der Waals surface area contributed by atoms with E-state index in [1.54, 1.807) is 25.3 Å². The van der Waals surface area contributed by atoms with E-state index in [9.17, 15) is 4.79 Å². The first-order valence-corrected chi connectivity index (χ1v) is 8.08. The van der Waals surface area contributed by atoms with Crippen molar-refractivity contribution in [3.8, 4) is 5.75 Å². The van der Waals surface area contributed by atoms with Crippen LogP contribution >= 0.6 is 23.2 Å². The van der Waals surface area contributed by atoms with Crippen LogP contribution in [0.1, 0.15) is 16.1 Å². The van der Waals surface area contributed by atoms with Gasteiger partial charge in [0.05, 0.1) is 22.8 Å². The van der Waals surface area contributed by atoms with Gasteiger partial charge in [0.15, 0.2) is 11.4 Å². The standard InChI is InChI=1S/C17H15Cl2N3O2/c1-24-15-3-2-8-22-10-12(21-16(15)22)6-7-20-17(23)11-4-5-13(18)14(19)9-11/h2-5,8-10H,6-7H2,1H3,(H,20,23). The number of pyridine rings is 1. The Labute approximate surface area is 149 Å². The van der Waals surface area contributed by atoms with Crippen molar-refractivity contribution in [3.05, 3.63) is 64.0 Å². The summed E-state index contributed by atoms with van der Waals surface area (Å²) in [5.41, 5.74) is 2.10. The fourth-order valence-corrected chi connectivity index (χ4v) is 2.66. The molecule has 0 bridgehead atoms. The Kier molecular flexibility index (Phi) is 4.92. The number of imidazole rings is 1. The molecule has 0 atom stereocenters. The van der Waals surface area contributed by atoms with Gasteiger partial charge in [-0.1, -0.05) is 23.2 Å². The van der Waals surface area contributed by atoms with Gasteiger partial charge in [0.1, 0.15) is 0 Å². The lowest BCUT2D eigenvalue weighted by atomic mass is 10.2. The SMILES string of the molecule is COc1cccn2cc(CCNC(=O)c3ccc(Cl)c(Cl)c3)nc12. The number of ether oxygens (including phenoxy) is 1. The molecule has 0 aliphatic rings. The summed E-state index contributed by atoms with van der Waals surface area (Å²) in [6.07, 6.45) is 4.43. The maximum absolute atomic E-state index is 12.1. The van der Waals surface area contributed by atoms with Crippen LogP contribution in [0.4, 0.5) is 0 Å². The van der Waals surface area contributed by atoms with E-state index in [1.165, 1.54) is 0 Å². The quantitative estimate of drug-likeness (QED) is 0.752. The molecular formula is C17H15Cl2N3O2. The van der Waals surface area contributed by atoms with E-state index in [-0.39, 0.29) is 5.91 Å². The van der Waals surface area contributed by atoms with Crippen LogP contribution in [0.5, 0.6) is 5.75 Å². The lowest BCUT2D eigenvalue weighted by molar-refractivity contribution is 0.0954. The Morgan fingerprint density at radius 3 is 2.88 bits per heavy atom. The highest BCUT2D eigenvalue weighted by molar-refractivity contribution is 6.42. The van der Waals surface area contributed by atoms with Crippen molar-refractivity contribution in [1.29, 1.82) is 0 Å². The molecule has 7 heteroatoms. The number of amides is 1. The van der Waals surface area contributed by atoms with Gasteiger partial charge in [-0.05, 0) is 30.3 Å². The van der Waals surface area contributed by atoms with Crippen molar-refractivity contribution in [2.45, 2.75) is 6.42 Å². The molecule has 0 saturated heterocycles. The third-order valence-electron chi connectivity index (χ3n) is 3.57. The lowest BCUT2D eigenvalue weighted by Crippen LogP contribution is -2.25. The number of halogens is 2. The lowest BCUT2D eigenvalue weighted by Gasteiger charge is -2.05. The normalized spacial score (nSPS) is 10.8. The topological polar surface area (TPSA) is 55.6 Å². The zero-order valence-corrected chi connectivity index (χ0v) is 14.4. The van der Waals surface area contributed by atoms with Crippen LogP contribution in [0.2, 0.25) is 10.0 Å². The summed E-state index contributed by atoms with van der Waals surface area (Å²) < 4.78 is 7.18. The number of nitrogens with one attached hydrogen (secondary N) is 1. The number of carbonyl (C=O) groups excluding carboxylic acids is 1. The summed E-state index contributed by atoms with van der Waals surface area (Å²) in [5.74, 6) is 0.513. The monoisotopic (exact) mass is 363 g/mol. The van der Waals surface area contributed by atoms with Crippen molar-refractivity contribution < 1.29 is 9.53 Å². The molecule has 0 aliphatic carbocycles. The molecule has 0 unspecified atom stereocenters. The second-order valence-corrected chi connectivity index (χ2v) is 5.99. The second-order valence-electron chi connectivity index (χ2n) is 5.17. The van der Waals surface area contributed by atoms with E-state index in [0.717, 1.165) is 11.3 Å². The molecule has 0 aliphatic heterocycles. The minimum atomic E-state index is -0.199. The molecule has 3 rings (SSSR count). The molecule has 0 spiro atoms. The average Bonchev–Trinajstić information content (AvgIpc) is 3.00. The first-order valence-electron chi connectivity index (χ1n) is 7.32. The zero-order chi connectivity index (χ0) is 17.1. The minimum absolute atomic E-state index is 0.199. The predicted molar refractivity (Wildman–Crippen MR) is 94.2 cm³/mol. The van der Waals surface area contributed by atoms with Crippen LogP contribution in [0.25, 0.3) is 5.65 Å². The van der Waals surface area contributed by atoms with Crippen LogP contribution in [0, 0.1) is 0 Å². The largest absolute Gasteiger partial charge is 0.493 e. The number of aromatic nitrogens is 2. The maximum atomic E-state index is 12.1. The van der Waals surface area contributed by atoms with Crippen LogP contribution in [-0.2, 0) is 6.42 Å². The van der Waals surface area contributed by atoms with Gasteiger partial charge < -0.3 is 14.5 Å². The molecule has 0 fully saturated rings. The van der Waals surface area contributed by atoms with E-state index in [1.807, 2.05) is 28.9 Å². The van der Waals surface area contributed by atoms with E-state index in [4.69, 9.17) is 27.9 Å². The molecule has 2 heterocycles. The first kappa shape index (κ1) is 16.6. The Balaban J connectivity index is 1.63. The molecule has 3 aromatic rings. The number of methoxy groups -OCH3 is 1. The molecule has 0 radical (unpaired) electrons. The van der Waals surface area contributed by atoms with E-state index in [0.29, 0.717) is 34.3 Å². The predicted octanol–water partition coefficient (Wildman–Crippen LogP) is 3.62. The summed E-state index contributed by atoms with van der Waals surface area (Å²) in [5, 5.41) is 3.63. The molecular weight excluding hydrogens is 349 g/mol. The van der Waals surface area contributed by atoms with Crippen molar-refractivity contribution in [1.82, 2.24) is 14.7 Å². The fourth-order valence-electron chi connectivity index (χ4n) is 2.36. The third kappa shape index (κ3) is 3.47. The smallest absolute Gasteiger partial charge is 0.251 e. The van der Waals surface area contributed by atoms with Gasteiger partial charge in [-0.25, -0.2) is 4.98 Å². The summed E-state index contributed by atoms with van der Waals surface area (Å²) in [6.45, 7) is 0.464. The number of fused-ring (bicyclic) bond motifs is 1. The first-order chi connectivity index (χ1) is 11.6. The maximum Gasteiger partial charge on any atom is 0.251 e. The van der Waals surface area contributed by atoms with Gasteiger partial charge >= 0.3 is 0 Å². The number of hydrogen-bond donors (Lipinski definition) is 1. The highest BCUT2D eigenvalue weighted by Crippen LogP contribution is 2.22. The van der Waals surface area contributed by atoms with Crippen molar-refractivity contribution in [2.24, 2.45) is 0 Å². The molecule has 24 heavy (non-hydrogen) atoms. The number of rotatable bonds is 5. The van der Waals surface area contributed by atoms with E-state index in [2.05, 4.69) is 10.3 Å². The Hall–Kier alpha value is -2.24. The molecule has 124 valence electrons. The molecule has 0 saturated carbocycles. The van der Waals surface area contributed by atoms with Crippen LogP contribution in [0.3, 0.4) is 0 Å². The summed E-state index contributed by atoms with van der Waals surface area (Å²) in [4.78, 5) is 16.6. The van der Waals surface area contributed by atoms with Crippen LogP contribution in [0.15, 0.2) is 42.7 Å². The van der Waals surface area contributed by atoms with Crippen LogP contribution < -0.4 is 10.1 Å². The van der Waals surface area contributed by atoms with Gasteiger partial charge in [-0.2, -0.15) is 0 Å². The highest BCUT2D eigenvalue weighted by atomic mass is 35.5. The Morgan fingerprint density at radius 2 is 2.12 bits per heavy atom. The minimum Gasteiger partial charge on any atom is -0.493 e.